The molecular formula is C9H23ClN5O7P. The lowest BCUT2D eigenvalue weighted by molar-refractivity contribution is -0.150. The predicted octanol–water partition coefficient (Wildman–Crippen LogP) is -2.07. The fraction of sp³-hybridized carbons (Fsp3) is 0.667. The standard InChI is InChI=1S/C6H15N5.C3H7O7P.ClH/c1-2-3-4-10-6(9)11-5(7)8;4-1(2(5)6)3(7)11(8,9)10;/h2-4H2,1H3,(H6,7,8,9,10,11);1,3-4,7H,(H,5,6)(H2,8,9,10);1H. The molecule has 0 aromatic heterocycles. The number of rotatable bonds is 6. The van der Waals surface area contributed by atoms with Crippen molar-refractivity contribution in [3.63, 3.8) is 0 Å². The lowest BCUT2D eigenvalue weighted by Gasteiger charge is -2.14. The Balaban J connectivity index is -0.000000333. The van der Waals surface area contributed by atoms with Crippen LogP contribution in [0.4, 0.5) is 0 Å². The quantitative estimate of drug-likeness (QED) is 0.106. The van der Waals surface area contributed by atoms with Crippen molar-refractivity contribution in [3.8, 4) is 0 Å². The molecule has 0 saturated heterocycles. The first kappa shape index (κ1) is 26.5. The number of nitrogens with two attached hydrogens (primary N) is 2. The van der Waals surface area contributed by atoms with E-state index in [1.54, 1.807) is 0 Å². The summed E-state index contributed by atoms with van der Waals surface area (Å²) >= 11 is 0. The SMILES string of the molecule is CCCCN=C(N)NC(=N)N.Cl.O=C(O)C(O)C(O)P(=O)(O)O. The molecule has 0 bridgehead atoms. The molecule has 0 heterocycles. The fourth-order valence-corrected chi connectivity index (χ4v) is 1.34. The maximum absolute atomic E-state index is 10.1. The van der Waals surface area contributed by atoms with Crippen molar-refractivity contribution in [2.24, 2.45) is 16.5 Å². The van der Waals surface area contributed by atoms with E-state index >= 15 is 0 Å². The number of aliphatic carboxylic acids is 1. The van der Waals surface area contributed by atoms with Gasteiger partial charge < -0.3 is 36.6 Å². The molecule has 23 heavy (non-hydrogen) atoms. The second kappa shape index (κ2) is 13.0. The smallest absolute Gasteiger partial charge is 0.357 e. The maximum atomic E-state index is 10.1. The number of nitrogens with zero attached hydrogens (tertiary/aromatic N) is 1. The lowest BCUT2D eigenvalue weighted by Crippen LogP contribution is -2.40. The Morgan fingerprint density at radius 1 is 1.35 bits per heavy atom. The van der Waals surface area contributed by atoms with Crippen LogP contribution in [-0.4, -0.2) is 61.5 Å². The van der Waals surface area contributed by atoms with Crippen LogP contribution in [0.1, 0.15) is 19.8 Å². The van der Waals surface area contributed by atoms with Crippen LogP contribution >= 0.6 is 20.0 Å². The maximum Gasteiger partial charge on any atom is 0.357 e. The van der Waals surface area contributed by atoms with Crippen LogP contribution in [0.25, 0.3) is 0 Å². The zero-order valence-corrected chi connectivity index (χ0v) is 14.0. The van der Waals surface area contributed by atoms with Crippen molar-refractivity contribution in [1.29, 1.82) is 5.41 Å². The van der Waals surface area contributed by atoms with Gasteiger partial charge >= 0.3 is 13.6 Å². The summed E-state index contributed by atoms with van der Waals surface area (Å²) in [5.74, 6) is -4.42. The minimum atomic E-state index is -4.94. The number of carboxylic acids is 1. The summed E-state index contributed by atoms with van der Waals surface area (Å²) in [5, 5.41) is 34.0. The summed E-state index contributed by atoms with van der Waals surface area (Å²) < 4.78 is 10.1. The summed E-state index contributed by atoms with van der Waals surface area (Å²) in [5.41, 5.74) is 10.3. The van der Waals surface area contributed by atoms with Crippen molar-refractivity contribution >= 4 is 37.9 Å². The highest BCUT2D eigenvalue weighted by Crippen LogP contribution is 2.41. The molecule has 2 atom stereocenters. The van der Waals surface area contributed by atoms with Gasteiger partial charge in [0, 0.05) is 6.54 Å². The molecule has 0 aliphatic carbocycles. The summed E-state index contributed by atoms with van der Waals surface area (Å²) in [6.45, 7) is 2.76. The van der Waals surface area contributed by atoms with Crippen LogP contribution in [0.5, 0.6) is 0 Å². The Morgan fingerprint density at radius 3 is 2.09 bits per heavy atom. The van der Waals surface area contributed by atoms with E-state index in [1.165, 1.54) is 0 Å². The third-order valence-electron chi connectivity index (χ3n) is 1.94. The summed E-state index contributed by atoms with van der Waals surface area (Å²) in [7, 11) is -4.94. The van der Waals surface area contributed by atoms with Gasteiger partial charge in [-0.25, -0.2) is 4.79 Å². The Hall–Kier alpha value is -1.43. The predicted molar refractivity (Wildman–Crippen MR) is 85.4 cm³/mol. The van der Waals surface area contributed by atoms with Crippen molar-refractivity contribution in [2.45, 2.75) is 31.7 Å². The molecule has 138 valence electrons. The minimum Gasteiger partial charge on any atom is -0.479 e. The number of hydrogen-bond acceptors (Lipinski definition) is 6. The third kappa shape index (κ3) is 15.2. The van der Waals surface area contributed by atoms with Crippen LogP contribution in [-0.2, 0) is 9.36 Å². The molecule has 2 unspecified atom stereocenters. The number of carboxylic acid groups (broad SMARTS) is 1. The molecule has 11 N–H and O–H groups in total. The van der Waals surface area contributed by atoms with Crippen LogP contribution in [0.2, 0.25) is 0 Å². The molecule has 0 saturated carbocycles. The fourth-order valence-electron chi connectivity index (χ4n) is 0.847. The van der Waals surface area contributed by atoms with E-state index in [0.717, 1.165) is 12.8 Å². The molecule has 0 amide bonds. The first-order chi connectivity index (χ1) is 9.93. The van der Waals surface area contributed by atoms with Crippen molar-refractivity contribution in [1.82, 2.24) is 5.32 Å². The van der Waals surface area contributed by atoms with Gasteiger partial charge in [-0.15, -0.1) is 12.4 Å². The number of hydrogen-bond donors (Lipinski definition) is 9. The van der Waals surface area contributed by atoms with Gasteiger partial charge in [-0.3, -0.25) is 20.3 Å². The summed E-state index contributed by atoms with van der Waals surface area (Å²) in [6.07, 6.45) is -0.382. The highest BCUT2D eigenvalue weighted by Gasteiger charge is 2.37. The van der Waals surface area contributed by atoms with Crippen LogP contribution < -0.4 is 16.8 Å². The Morgan fingerprint density at radius 2 is 1.83 bits per heavy atom. The van der Waals surface area contributed by atoms with Gasteiger partial charge in [-0.05, 0) is 6.42 Å². The number of carbonyl (C=O) groups is 1. The average molecular weight is 380 g/mol. The molecule has 0 aliphatic heterocycles. The normalized spacial score (nSPS) is 13.7. The Kier molecular flexibility index (Phi) is 15.0. The number of guanidine groups is 2. The zero-order valence-electron chi connectivity index (χ0n) is 12.3. The molecule has 14 heteroatoms. The van der Waals surface area contributed by atoms with E-state index in [1.807, 2.05) is 0 Å². The zero-order chi connectivity index (χ0) is 17.9. The first-order valence-electron chi connectivity index (χ1n) is 5.98. The summed E-state index contributed by atoms with van der Waals surface area (Å²) in [6, 6.07) is 0. The molecule has 0 aromatic rings. The highest BCUT2D eigenvalue weighted by atomic mass is 35.5. The first-order valence-corrected chi connectivity index (χ1v) is 7.66. The Bertz CT molecular complexity index is 444. The van der Waals surface area contributed by atoms with Gasteiger partial charge in [0.1, 0.15) is 0 Å². The lowest BCUT2D eigenvalue weighted by atomic mass is 10.3. The molecule has 0 radical (unpaired) electrons. The average Bonchev–Trinajstić information content (AvgIpc) is 2.36. The molecular weight excluding hydrogens is 357 g/mol. The molecule has 12 nitrogen and oxygen atoms in total. The third-order valence-corrected chi connectivity index (χ3v) is 2.91. The monoisotopic (exact) mass is 379 g/mol. The largest absolute Gasteiger partial charge is 0.479 e. The van der Waals surface area contributed by atoms with E-state index in [-0.39, 0.29) is 24.3 Å². The van der Waals surface area contributed by atoms with Crippen LogP contribution in [0, 0.1) is 5.41 Å². The molecule has 0 aromatic carbocycles. The number of aliphatic hydroxyl groups is 2. The number of unbranched alkanes of at least 4 members (excludes halogenated alkanes) is 1. The highest BCUT2D eigenvalue weighted by molar-refractivity contribution is 7.52. The molecule has 0 fully saturated rings. The number of aliphatic imine (C=N–C) groups is 1. The Labute approximate surface area is 138 Å². The number of aliphatic hydroxyl groups excluding tert-OH is 2. The molecule has 0 spiro atoms. The van der Waals surface area contributed by atoms with E-state index in [0.29, 0.717) is 6.54 Å². The summed E-state index contributed by atoms with van der Waals surface area (Å²) in [4.78, 5) is 30.0. The molecule has 0 rings (SSSR count). The molecule has 0 aliphatic rings. The van der Waals surface area contributed by atoms with Crippen molar-refractivity contribution in [2.75, 3.05) is 6.54 Å². The number of halogens is 1. The second-order valence-corrected chi connectivity index (χ2v) is 5.65. The van der Waals surface area contributed by atoms with Crippen molar-refractivity contribution in [3.05, 3.63) is 0 Å². The van der Waals surface area contributed by atoms with Crippen LogP contribution in [0.15, 0.2) is 4.99 Å². The van der Waals surface area contributed by atoms with Crippen LogP contribution in [0.3, 0.4) is 0 Å². The number of nitrogens with one attached hydrogen (secondary N) is 2. The second-order valence-electron chi connectivity index (χ2n) is 3.94. The van der Waals surface area contributed by atoms with Crippen molar-refractivity contribution < 1.29 is 34.5 Å². The van der Waals surface area contributed by atoms with Gasteiger partial charge in [-0.2, -0.15) is 0 Å². The van der Waals surface area contributed by atoms with E-state index in [9.17, 15) is 9.36 Å². The minimum absolute atomic E-state index is 0. The van der Waals surface area contributed by atoms with Gasteiger partial charge in [0.05, 0.1) is 0 Å². The van der Waals surface area contributed by atoms with E-state index in [4.69, 9.17) is 42.0 Å². The van der Waals surface area contributed by atoms with Gasteiger partial charge in [0.15, 0.2) is 23.9 Å². The van der Waals surface area contributed by atoms with E-state index in [2.05, 4.69) is 17.2 Å². The van der Waals surface area contributed by atoms with Gasteiger partial charge in [-0.1, -0.05) is 13.3 Å². The van der Waals surface area contributed by atoms with Gasteiger partial charge in [0.25, 0.3) is 0 Å². The van der Waals surface area contributed by atoms with E-state index < -0.39 is 25.5 Å². The van der Waals surface area contributed by atoms with Gasteiger partial charge in [0.2, 0.25) is 0 Å². The topological polar surface area (TPSA) is 236 Å².